The van der Waals surface area contributed by atoms with Gasteiger partial charge >= 0.3 is 0 Å². The minimum absolute atomic E-state index is 0.0120. The number of ether oxygens (including phenoxy) is 1. The fourth-order valence-corrected chi connectivity index (χ4v) is 2.21. The summed E-state index contributed by atoms with van der Waals surface area (Å²) in [7, 11) is 0. The standard InChI is InChI=1S/C15H15Cl2N3O2/c16-12-8-11(13(18)14(17)20-12)15(21)19-6-7-22-9-10-4-2-1-3-5-10/h1-5,8H,6-7,9,18H2,(H,19,21). The molecule has 0 radical (unpaired) electrons. The molecule has 1 aromatic carbocycles. The van der Waals surface area contributed by atoms with Crippen LogP contribution < -0.4 is 11.1 Å². The van der Waals surface area contributed by atoms with Crippen LogP contribution in [0.3, 0.4) is 0 Å². The molecule has 0 saturated carbocycles. The number of aromatic nitrogens is 1. The van der Waals surface area contributed by atoms with Gasteiger partial charge in [0.15, 0.2) is 5.15 Å². The van der Waals surface area contributed by atoms with Gasteiger partial charge in [0.2, 0.25) is 0 Å². The van der Waals surface area contributed by atoms with Gasteiger partial charge in [-0.25, -0.2) is 4.98 Å². The first kappa shape index (κ1) is 16.5. The zero-order chi connectivity index (χ0) is 15.9. The van der Waals surface area contributed by atoms with Gasteiger partial charge in [-0.15, -0.1) is 0 Å². The Hall–Kier alpha value is -1.82. The van der Waals surface area contributed by atoms with Gasteiger partial charge in [0, 0.05) is 6.54 Å². The minimum Gasteiger partial charge on any atom is -0.396 e. The van der Waals surface area contributed by atoms with E-state index in [9.17, 15) is 4.79 Å². The lowest BCUT2D eigenvalue weighted by Gasteiger charge is -2.09. The van der Waals surface area contributed by atoms with Crippen molar-refractivity contribution in [2.45, 2.75) is 6.61 Å². The van der Waals surface area contributed by atoms with E-state index in [1.165, 1.54) is 6.07 Å². The third kappa shape index (κ3) is 4.59. The van der Waals surface area contributed by atoms with Crippen molar-refractivity contribution in [2.24, 2.45) is 0 Å². The van der Waals surface area contributed by atoms with Crippen LogP contribution in [0.2, 0.25) is 10.3 Å². The first-order valence-corrected chi connectivity index (χ1v) is 7.35. The molecule has 0 bridgehead atoms. The number of nitrogens with two attached hydrogens (primary N) is 1. The number of hydrogen-bond donors (Lipinski definition) is 2. The summed E-state index contributed by atoms with van der Waals surface area (Å²) >= 11 is 11.6. The lowest BCUT2D eigenvalue weighted by atomic mass is 10.2. The maximum atomic E-state index is 12.0. The quantitative estimate of drug-likeness (QED) is 0.626. The molecule has 0 aliphatic carbocycles. The van der Waals surface area contributed by atoms with Gasteiger partial charge in [-0.05, 0) is 11.6 Å². The van der Waals surface area contributed by atoms with Gasteiger partial charge in [0.25, 0.3) is 5.91 Å². The lowest BCUT2D eigenvalue weighted by Crippen LogP contribution is -2.28. The average Bonchev–Trinajstić information content (AvgIpc) is 2.51. The summed E-state index contributed by atoms with van der Waals surface area (Å²) in [5.41, 5.74) is 7.10. The molecule has 22 heavy (non-hydrogen) atoms. The summed E-state index contributed by atoms with van der Waals surface area (Å²) in [6.07, 6.45) is 0. The van der Waals surface area contributed by atoms with Crippen molar-refractivity contribution in [3.8, 4) is 0 Å². The molecule has 0 aliphatic heterocycles. The van der Waals surface area contributed by atoms with Crippen LogP contribution in [-0.2, 0) is 11.3 Å². The maximum Gasteiger partial charge on any atom is 0.253 e. The fraction of sp³-hybridized carbons (Fsp3) is 0.200. The maximum absolute atomic E-state index is 12.0. The lowest BCUT2D eigenvalue weighted by molar-refractivity contribution is 0.0901. The molecule has 1 aromatic heterocycles. The van der Waals surface area contributed by atoms with Crippen molar-refractivity contribution in [1.82, 2.24) is 10.3 Å². The van der Waals surface area contributed by atoms with E-state index in [-0.39, 0.29) is 27.5 Å². The molecule has 1 amide bonds. The van der Waals surface area contributed by atoms with Crippen LogP contribution in [0.1, 0.15) is 15.9 Å². The number of anilines is 1. The van der Waals surface area contributed by atoms with Gasteiger partial charge in [-0.3, -0.25) is 4.79 Å². The molecular formula is C15H15Cl2N3O2. The second-order valence-corrected chi connectivity index (χ2v) is 5.24. The predicted molar refractivity (Wildman–Crippen MR) is 87.1 cm³/mol. The summed E-state index contributed by atoms with van der Waals surface area (Å²) in [6.45, 7) is 1.22. The molecule has 0 atom stereocenters. The van der Waals surface area contributed by atoms with Gasteiger partial charge in [0.05, 0.1) is 24.5 Å². The van der Waals surface area contributed by atoms with E-state index in [1.54, 1.807) is 0 Å². The highest BCUT2D eigenvalue weighted by atomic mass is 35.5. The zero-order valence-corrected chi connectivity index (χ0v) is 13.2. The minimum atomic E-state index is -0.369. The molecule has 2 rings (SSSR count). The fourth-order valence-electron chi connectivity index (χ4n) is 1.78. The van der Waals surface area contributed by atoms with Crippen LogP contribution in [0.4, 0.5) is 5.69 Å². The SMILES string of the molecule is Nc1c(C(=O)NCCOCc2ccccc2)cc(Cl)nc1Cl. The third-order valence-electron chi connectivity index (χ3n) is 2.87. The van der Waals surface area contributed by atoms with Crippen molar-refractivity contribution in [2.75, 3.05) is 18.9 Å². The van der Waals surface area contributed by atoms with Gasteiger partial charge in [-0.1, -0.05) is 53.5 Å². The molecule has 2 aromatic rings. The smallest absolute Gasteiger partial charge is 0.253 e. The van der Waals surface area contributed by atoms with E-state index in [4.69, 9.17) is 33.7 Å². The highest BCUT2D eigenvalue weighted by Gasteiger charge is 2.14. The number of nitrogen functional groups attached to an aromatic ring is 1. The molecule has 0 spiro atoms. The number of rotatable bonds is 6. The van der Waals surface area contributed by atoms with Crippen LogP contribution in [0.5, 0.6) is 0 Å². The topological polar surface area (TPSA) is 77.2 Å². The number of halogens is 2. The van der Waals surface area contributed by atoms with Gasteiger partial charge in [-0.2, -0.15) is 0 Å². The first-order chi connectivity index (χ1) is 10.6. The van der Waals surface area contributed by atoms with Gasteiger partial charge in [0.1, 0.15) is 5.15 Å². The summed E-state index contributed by atoms with van der Waals surface area (Å²) in [5.74, 6) is -0.369. The molecule has 3 N–H and O–H groups in total. The molecule has 7 heteroatoms. The summed E-state index contributed by atoms with van der Waals surface area (Å²) in [4.78, 5) is 15.8. The number of pyridine rings is 1. The molecule has 0 unspecified atom stereocenters. The predicted octanol–water partition coefficient (Wildman–Crippen LogP) is 2.92. The number of amides is 1. The van der Waals surface area contributed by atoms with E-state index in [1.807, 2.05) is 30.3 Å². The Balaban J connectivity index is 1.79. The number of nitrogens with zero attached hydrogens (tertiary/aromatic N) is 1. The molecule has 0 aliphatic rings. The van der Waals surface area contributed by atoms with Crippen LogP contribution in [-0.4, -0.2) is 24.0 Å². The number of benzene rings is 1. The van der Waals surface area contributed by atoms with Crippen molar-refractivity contribution in [3.63, 3.8) is 0 Å². The van der Waals surface area contributed by atoms with Crippen molar-refractivity contribution >= 4 is 34.8 Å². The Morgan fingerprint density at radius 3 is 2.73 bits per heavy atom. The zero-order valence-electron chi connectivity index (χ0n) is 11.7. The van der Waals surface area contributed by atoms with Gasteiger partial charge < -0.3 is 15.8 Å². The molecule has 116 valence electrons. The Morgan fingerprint density at radius 1 is 1.27 bits per heavy atom. The van der Waals surface area contributed by atoms with Crippen LogP contribution in [0.15, 0.2) is 36.4 Å². The summed E-state index contributed by atoms with van der Waals surface area (Å²) in [6, 6.07) is 11.2. The van der Waals surface area contributed by atoms with Crippen molar-refractivity contribution in [1.29, 1.82) is 0 Å². The Morgan fingerprint density at radius 2 is 2.00 bits per heavy atom. The van der Waals surface area contributed by atoms with Crippen LogP contribution in [0, 0.1) is 0 Å². The monoisotopic (exact) mass is 339 g/mol. The second kappa shape index (κ2) is 7.98. The Kier molecular flexibility index (Phi) is 6.00. The second-order valence-electron chi connectivity index (χ2n) is 4.49. The molecular weight excluding hydrogens is 325 g/mol. The van der Waals surface area contributed by atoms with E-state index >= 15 is 0 Å². The third-order valence-corrected chi connectivity index (χ3v) is 3.35. The highest BCUT2D eigenvalue weighted by Crippen LogP contribution is 2.23. The van der Waals surface area contributed by atoms with Crippen LogP contribution >= 0.6 is 23.2 Å². The first-order valence-electron chi connectivity index (χ1n) is 6.59. The molecule has 0 saturated heterocycles. The molecule has 0 fully saturated rings. The number of nitrogens with one attached hydrogen (secondary N) is 1. The van der Waals surface area contributed by atoms with Crippen LogP contribution in [0.25, 0.3) is 0 Å². The number of hydrogen-bond acceptors (Lipinski definition) is 4. The van der Waals surface area contributed by atoms with E-state index in [0.717, 1.165) is 5.56 Å². The Bertz CT molecular complexity index is 651. The number of carbonyl (C=O) groups is 1. The Labute approximate surface area is 138 Å². The highest BCUT2D eigenvalue weighted by molar-refractivity contribution is 6.35. The molecule has 5 nitrogen and oxygen atoms in total. The normalized spacial score (nSPS) is 10.5. The van der Waals surface area contributed by atoms with Crippen molar-refractivity contribution < 1.29 is 9.53 Å². The molecule has 1 heterocycles. The van der Waals surface area contributed by atoms with E-state index < -0.39 is 0 Å². The van der Waals surface area contributed by atoms with Crippen molar-refractivity contribution in [3.05, 3.63) is 57.8 Å². The summed E-state index contributed by atoms with van der Waals surface area (Å²) < 4.78 is 5.47. The summed E-state index contributed by atoms with van der Waals surface area (Å²) in [5, 5.41) is 2.82. The largest absolute Gasteiger partial charge is 0.396 e. The number of carbonyl (C=O) groups excluding carboxylic acids is 1. The van der Waals surface area contributed by atoms with E-state index in [2.05, 4.69) is 10.3 Å². The average molecular weight is 340 g/mol. The van der Waals surface area contributed by atoms with E-state index in [0.29, 0.717) is 19.8 Å².